The second-order valence-corrected chi connectivity index (χ2v) is 5.60. The molecule has 1 N–H and O–H groups in total. The summed E-state index contributed by atoms with van der Waals surface area (Å²) >= 11 is 0. The standard InChI is InChI=1S/C17H28N2/c1-2-3-5-12-18-15-16-8-10-17(11-9-16)19-13-6-4-7-14-19/h8-11,18H,2-7,12-15H2,1H3. The Labute approximate surface area is 118 Å². The highest BCUT2D eigenvalue weighted by molar-refractivity contribution is 5.47. The van der Waals surface area contributed by atoms with Crippen molar-refractivity contribution < 1.29 is 0 Å². The molecule has 106 valence electrons. The number of piperidine rings is 1. The van der Waals surface area contributed by atoms with Crippen molar-refractivity contribution in [1.82, 2.24) is 5.32 Å². The van der Waals surface area contributed by atoms with Crippen LogP contribution >= 0.6 is 0 Å². The summed E-state index contributed by atoms with van der Waals surface area (Å²) in [5, 5.41) is 3.52. The van der Waals surface area contributed by atoms with Crippen molar-refractivity contribution in [3.63, 3.8) is 0 Å². The average molecular weight is 260 g/mol. The van der Waals surface area contributed by atoms with Crippen LogP contribution in [0, 0.1) is 0 Å². The van der Waals surface area contributed by atoms with Crippen LogP contribution < -0.4 is 10.2 Å². The van der Waals surface area contributed by atoms with E-state index in [9.17, 15) is 0 Å². The minimum absolute atomic E-state index is 1.00. The van der Waals surface area contributed by atoms with Gasteiger partial charge in [0.1, 0.15) is 0 Å². The molecule has 1 saturated heterocycles. The molecule has 2 nitrogen and oxygen atoms in total. The van der Waals surface area contributed by atoms with Crippen molar-refractivity contribution in [3.8, 4) is 0 Å². The zero-order valence-electron chi connectivity index (χ0n) is 12.3. The van der Waals surface area contributed by atoms with Crippen LogP contribution in [-0.4, -0.2) is 19.6 Å². The van der Waals surface area contributed by atoms with Crippen LogP contribution in [0.15, 0.2) is 24.3 Å². The van der Waals surface area contributed by atoms with E-state index in [-0.39, 0.29) is 0 Å². The number of benzene rings is 1. The molecule has 0 unspecified atom stereocenters. The summed E-state index contributed by atoms with van der Waals surface area (Å²) in [7, 11) is 0. The number of anilines is 1. The van der Waals surface area contributed by atoms with E-state index < -0.39 is 0 Å². The predicted molar refractivity (Wildman–Crippen MR) is 83.7 cm³/mol. The van der Waals surface area contributed by atoms with Gasteiger partial charge >= 0.3 is 0 Å². The van der Waals surface area contributed by atoms with E-state index >= 15 is 0 Å². The molecule has 2 heteroatoms. The van der Waals surface area contributed by atoms with Gasteiger partial charge < -0.3 is 10.2 Å². The first kappa shape index (κ1) is 14.4. The molecule has 0 amide bonds. The van der Waals surface area contributed by atoms with Crippen molar-refractivity contribution >= 4 is 5.69 Å². The fraction of sp³-hybridized carbons (Fsp3) is 0.647. The minimum atomic E-state index is 1.00. The quantitative estimate of drug-likeness (QED) is 0.747. The zero-order chi connectivity index (χ0) is 13.3. The molecule has 0 atom stereocenters. The van der Waals surface area contributed by atoms with Crippen molar-refractivity contribution in [1.29, 1.82) is 0 Å². The fourth-order valence-electron chi connectivity index (χ4n) is 2.71. The van der Waals surface area contributed by atoms with Gasteiger partial charge in [-0.2, -0.15) is 0 Å². The van der Waals surface area contributed by atoms with Crippen LogP contribution in [0.5, 0.6) is 0 Å². The van der Waals surface area contributed by atoms with Gasteiger partial charge in [-0.05, 0) is 49.9 Å². The Morgan fingerprint density at radius 2 is 1.74 bits per heavy atom. The Kier molecular flexibility index (Phi) is 6.22. The highest BCUT2D eigenvalue weighted by atomic mass is 15.1. The second-order valence-electron chi connectivity index (χ2n) is 5.60. The van der Waals surface area contributed by atoms with Gasteiger partial charge in [-0.25, -0.2) is 0 Å². The maximum absolute atomic E-state index is 3.52. The highest BCUT2D eigenvalue weighted by Gasteiger charge is 2.10. The lowest BCUT2D eigenvalue weighted by molar-refractivity contribution is 0.577. The fourth-order valence-corrected chi connectivity index (χ4v) is 2.71. The summed E-state index contributed by atoms with van der Waals surface area (Å²) in [4.78, 5) is 2.52. The third kappa shape index (κ3) is 4.87. The summed E-state index contributed by atoms with van der Waals surface area (Å²) in [6.45, 7) is 6.86. The minimum Gasteiger partial charge on any atom is -0.372 e. The van der Waals surface area contributed by atoms with E-state index in [2.05, 4.69) is 41.4 Å². The summed E-state index contributed by atoms with van der Waals surface area (Å²) in [5.41, 5.74) is 2.80. The molecule has 0 bridgehead atoms. The molecule has 1 aromatic rings. The van der Waals surface area contributed by atoms with Gasteiger partial charge in [-0.3, -0.25) is 0 Å². The molecule has 1 aromatic carbocycles. The molecule has 0 aliphatic carbocycles. The van der Waals surface area contributed by atoms with Crippen LogP contribution in [0.1, 0.15) is 51.0 Å². The third-order valence-electron chi connectivity index (χ3n) is 3.94. The van der Waals surface area contributed by atoms with Gasteiger partial charge in [-0.15, -0.1) is 0 Å². The molecule has 0 spiro atoms. The summed E-state index contributed by atoms with van der Waals surface area (Å²) in [6.07, 6.45) is 8.02. The normalized spacial score (nSPS) is 15.7. The molecule has 0 saturated carbocycles. The van der Waals surface area contributed by atoms with E-state index in [1.54, 1.807) is 0 Å². The predicted octanol–water partition coefficient (Wildman–Crippen LogP) is 3.96. The average Bonchev–Trinajstić information content (AvgIpc) is 2.49. The molecular weight excluding hydrogens is 232 g/mol. The lowest BCUT2D eigenvalue weighted by Gasteiger charge is -2.28. The Morgan fingerprint density at radius 1 is 1.00 bits per heavy atom. The number of hydrogen-bond acceptors (Lipinski definition) is 2. The van der Waals surface area contributed by atoms with Gasteiger partial charge in [0.25, 0.3) is 0 Å². The maximum Gasteiger partial charge on any atom is 0.0366 e. The molecule has 1 aliphatic rings. The first-order valence-corrected chi connectivity index (χ1v) is 7.95. The number of rotatable bonds is 7. The second kappa shape index (κ2) is 8.21. The van der Waals surface area contributed by atoms with Crippen molar-refractivity contribution in [2.24, 2.45) is 0 Å². The topological polar surface area (TPSA) is 15.3 Å². The molecule has 1 heterocycles. The maximum atomic E-state index is 3.52. The third-order valence-corrected chi connectivity index (χ3v) is 3.94. The number of unbranched alkanes of at least 4 members (excludes halogenated alkanes) is 2. The SMILES string of the molecule is CCCCCNCc1ccc(N2CCCCC2)cc1. The summed E-state index contributed by atoms with van der Waals surface area (Å²) in [5.74, 6) is 0. The highest BCUT2D eigenvalue weighted by Crippen LogP contribution is 2.20. The first-order valence-electron chi connectivity index (χ1n) is 7.95. The molecule has 1 aliphatic heterocycles. The van der Waals surface area contributed by atoms with Crippen LogP contribution in [0.3, 0.4) is 0 Å². The van der Waals surface area contributed by atoms with Crippen molar-refractivity contribution in [3.05, 3.63) is 29.8 Å². The van der Waals surface area contributed by atoms with Crippen LogP contribution in [-0.2, 0) is 6.54 Å². The molecule has 1 fully saturated rings. The molecule has 2 rings (SSSR count). The van der Waals surface area contributed by atoms with E-state index in [0.717, 1.165) is 13.1 Å². The Bertz CT molecular complexity index is 339. The summed E-state index contributed by atoms with van der Waals surface area (Å²) < 4.78 is 0. The first-order chi connectivity index (χ1) is 9.40. The van der Waals surface area contributed by atoms with E-state index in [0.29, 0.717) is 0 Å². The van der Waals surface area contributed by atoms with Gasteiger partial charge in [0.05, 0.1) is 0 Å². The molecule has 0 aromatic heterocycles. The van der Waals surface area contributed by atoms with E-state index in [1.807, 2.05) is 0 Å². The van der Waals surface area contributed by atoms with Crippen LogP contribution in [0.4, 0.5) is 5.69 Å². The Hall–Kier alpha value is -1.02. The van der Waals surface area contributed by atoms with Gasteiger partial charge in [0.15, 0.2) is 0 Å². The summed E-state index contributed by atoms with van der Waals surface area (Å²) in [6, 6.07) is 9.12. The van der Waals surface area contributed by atoms with Gasteiger partial charge in [-0.1, -0.05) is 31.9 Å². The largest absolute Gasteiger partial charge is 0.372 e. The lowest BCUT2D eigenvalue weighted by Crippen LogP contribution is -2.29. The molecule has 0 radical (unpaired) electrons. The van der Waals surface area contributed by atoms with Gasteiger partial charge in [0, 0.05) is 25.3 Å². The van der Waals surface area contributed by atoms with Crippen molar-refractivity contribution in [2.75, 3.05) is 24.5 Å². The molecule has 19 heavy (non-hydrogen) atoms. The molecular formula is C17H28N2. The number of nitrogens with zero attached hydrogens (tertiary/aromatic N) is 1. The van der Waals surface area contributed by atoms with Gasteiger partial charge in [0.2, 0.25) is 0 Å². The Balaban J connectivity index is 1.74. The van der Waals surface area contributed by atoms with Crippen molar-refractivity contribution in [2.45, 2.75) is 52.0 Å². The van der Waals surface area contributed by atoms with E-state index in [1.165, 1.54) is 62.9 Å². The zero-order valence-corrected chi connectivity index (χ0v) is 12.3. The lowest BCUT2D eigenvalue weighted by atomic mass is 10.1. The number of nitrogens with one attached hydrogen (secondary N) is 1. The monoisotopic (exact) mass is 260 g/mol. The smallest absolute Gasteiger partial charge is 0.0366 e. The van der Waals surface area contributed by atoms with E-state index in [4.69, 9.17) is 0 Å². The van der Waals surface area contributed by atoms with Crippen LogP contribution in [0.25, 0.3) is 0 Å². The number of hydrogen-bond donors (Lipinski definition) is 1. The van der Waals surface area contributed by atoms with Crippen LogP contribution in [0.2, 0.25) is 0 Å². The Morgan fingerprint density at radius 3 is 2.42 bits per heavy atom.